The largest absolute Gasteiger partial charge is 0.484 e. The van der Waals surface area contributed by atoms with Crippen molar-refractivity contribution in [2.24, 2.45) is 0 Å². The number of benzene rings is 2. The number of aromatic nitrogens is 2. The highest BCUT2D eigenvalue weighted by Crippen LogP contribution is 2.25. The predicted octanol–water partition coefficient (Wildman–Crippen LogP) is 4.23. The fraction of sp³-hybridized carbons (Fsp3) is 0.200. The Morgan fingerprint density at radius 3 is 2.54 bits per heavy atom. The molecule has 0 aliphatic carbocycles. The van der Waals surface area contributed by atoms with E-state index in [4.69, 9.17) is 4.74 Å². The lowest BCUT2D eigenvalue weighted by molar-refractivity contribution is -0.153. The van der Waals surface area contributed by atoms with Crippen molar-refractivity contribution in [3.63, 3.8) is 0 Å². The van der Waals surface area contributed by atoms with E-state index in [9.17, 15) is 18.3 Å². The molecule has 1 atom stereocenters. The Balaban J connectivity index is 1.67. The van der Waals surface area contributed by atoms with Gasteiger partial charge in [-0.3, -0.25) is 0 Å². The Labute approximate surface area is 159 Å². The van der Waals surface area contributed by atoms with Gasteiger partial charge in [-0.05, 0) is 17.7 Å². The summed E-state index contributed by atoms with van der Waals surface area (Å²) in [7, 11) is 0. The van der Waals surface area contributed by atoms with E-state index < -0.39 is 18.9 Å². The quantitative estimate of drug-likeness (QED) is 0.633. The summed E-state index contributed by atoms with van der Waals surface area (Å²) in [6.07, 6.45) is -3.77. The lowest BCUT2D eigenvalue weighted by Crippen LogP contribution is -2.19. The third kappa shape index (κ3) is 5.68. The lowest BCUT2D eigenvalue weighted by Gasteiger charge is -2.13. The molecule has 3 rings (SSSR count). The number of nitrogens with one attached hydrogen (secondary N) is 1. The first-order chi connectivity index (χ1) is 13.4. The third-order valence-electron chi connectivity index (χ3n) is 3.86. The summed E-state index contributed by atoms with van der Waals surface area (Å²) in [4.78, 5) is 8.26. The van der Waals surface area contributed by atoms with Crippen LogP contribution >= 0.6 is 0 Å². The Kier molecular flexibility index (Phi) is 6.10. The van der Waals surface area contributed by atoms with E-state index in [2.05, 4.69) is 15.3 Å². The maximum Gasteiger partial charge on any atom is 0.422 e. The van der Waals surface area contributed by atoms with E-state index in [1.165, 1.54) is 18.5 Å². The molecule has 28 heavy (non-hydrogen) atoms. The Bertz CT molecular complexity index is 904. The zero-order valence-electron chi connectivity index (χ0n) is 14.7. The molecule has 1 heterocycles. The Hall–Kier alpha value is -3.13. The molecule has 0 saturated heterocycles. The molecule has 0 fully saturated rings. The van der Waals surface area contributed by atoms with E-state index in [0.29, 0.717) is 17.1 Å². The molecule has 2 aromatic carbocycles. The fourth-order valence-electron chi connectivity index (χ4n) is 2.52. The van der Waals surface area contributed by atoms with E-state index in [0.717, 1.165) is 5.56 Å². The number of ether oxygens (including phenoxy) is 1. The molecule has 5 nitrogen and oxygen atoms in total. The van der Waals surface area contributed by atoms with Gasteiger partial charge < -0.3 is 15.2 Å². The van der Waals surface area contributed by atoms with Gasteiger partial charge >= 0.3 is 6.18 Å². The van der Waals surface area contributed by atoms with Crippen molar-refractivity contribution in [2.75, 3.05) is 18.5 Å². The molecule has 0 aliphatic rings. The molecule has 1 aromatic heterocycles. The zero-order chi connectivity index (χ0) is 20.0. The van der Waals surface area contributed by atoms with Crippen LogP contribution in [0.15, 0.2) is 67.0 Å². The first-order valence-corrected chi connectivity index (χ1v) is 8.49. The summed E-state index contributed by atoms with van der Waals surface area (Å²) >= 11 is 0. The molecule has 2 N–H and O–H groups in total. The molecular formula is C20H18F3N3O2. The first-order valence-electron chi connectivity index (χ1n) is 8.49. The molecule has 1 unspecified atom stereocenters. The van der Waals surface area contributed by atoms with E-state index in [1.54, 1.807) is 18.2 Å². The van der Waals surface area contributed by atoms with Gasteiger partial charge in [0.05, 0.1) is 11.8 Å². The average molecular weight is 389 g/mol. The van der Waals surface area contributed by atoms with Gasteiger partial charge in [-0.1, -0.05) is 42.5 Å². The maximum atomic E-state index is 12.3. The number of anilines is 1. The van der Waals surface area contributed by atoms with Gasteiger partial charge in [-0.25, -0.2) is 9.97 Å². The normalized spacial score (nSPS) is 12.4. The number of aliphatic hydroxyl groups is 1. The highest BCUT2D eigenvalue weighted by molar-refractivity contribution is 5.63. The molecule has 3 aromatic rings. The second-order valence-electron chi connectivity index (χ2n) is 6.03. The van der Waals surface area contributed by atoms with Gasteiger partial charge in [-0.2, -0.15) is 13.2 Å². The van der Waals surface area contributed by atoms with E-state index >= 15 is 0 Å². The van der Waals surface area contributed by atoms with Crippen LogP contribution in [0, 0.1) is 0 Å². The predicted molar refractivity (Wildman–Crippen MR) is 98.9 cm³/mol. The Morgan fingerprint density at radius 2 is 1.79 bits per heavy atom. The summed E-state index contributed by atoms with van der Waals surface area (Å²) in [5, 5.41) is 13.2. The summed E-state index contributed by atoms with van der Waals surface area (Å²) in [6, 6.07) is 17.1. The monoisotopic (exact) mass is 389 g/mol. The van der Waals surface area contributed by atoms with Crippen LogP contribution in [0.4, 0.5) is 19.0 Å². The van der Waals surface area contributed by atoms with Gasteiger partial charge in [0.25, 0.3) is 0 Å². The van der Waals surface area contributed by atoms with Gasteiger partial charge in [0.1, 0.15) is 17.9 Å². The number of aliphatic hydroxyl groups excluding tert-OH is 1. The van der Waals surface area contributed by atoms with Crippen LogP contribution in [0.25, 0.3) is 11.3 Å². The zero-order valence-corrected chi connectivity index (χ0v) is 14.7. The minimum atomic E-state index is -4.40. The van der Waals surface area contributed by atoms with E-state index in [-0.39, 0.29) is 12.3 Å². The highest BCUT2D eigenvalue weighted by Gasteiger charge is 2.28. The number of rotatable bonds is 7. The molecule has 0 saturated carbocycles. The van der Waals surface area contributed by atoms with Crippen LogP contribution in [0.1, 0.15) is 11.7 Å². The van der Waals surface area contributed by atoms with Crippen LogP contribution in [0.5, 0.6) is 5.75 Å². The molecule has 146 valence electrons. The van der Waals surface area contributed by atoms with Gasteiger partial charge in [0.15, 0.2) is 6.61 Å². The fourth-order valence-corrected chi connectivity index (χ4v) is 2.52. The summed E-state index contributed by atoms with van der Waals surface area (Å²) in [5.74, 6) is 0.587. The summed E-state index contributed by atoms with van der Waals surface area (Å²) in [6.45, 7) is -1.11. The second-order valence-corrected chi connectivity index (χ2v) is 6.03. The number of alkyl halides is 3. The minimum absolute atomic E-state index is 0.0995. The standard InChI is InChI=1S/C20H18F3N3O2/c21-20(22,23)12-28-16-8-4-7-15(9-16)17-10-19(26-13-25-17)24-11-18(27)14-5-2-1-3-6-14/h1-10,13,18,27H,11-12H2,(H,24,25,26). The SMILES string of the molecule is OC(CNc1cc(-c2cccc(OCC(F)(F)F)c2)ncn1)c1ccccc1. The third-order valence-corrected chi connectivity index (χ3v) is 3.86. The minimum Gasteiger partial charge on any atom is -0.484 e. The number of hydrogen-bond acceptors (Lipinski definition) is 5. The molecule has 8 heteroatoms. The van der Waals surface area contributed by atoms with Crippen LogP contribution in [0.3, 0.4) is 0 Å². The van der Waals surface area contributed by atoms with Crippen molar-refractivity contribution in [3.8, 4) is 17.0 Å². The molecular weight excluding hydrogens is 371 g/mol. The van der Waals surface area contributed by atoms with Crippen molar-refractivity contribution < 1.29 is 23.0 Å². The van der Waals surface area contributed by atoms with Gasteiger partial charge in [0.2, 0.25) is 0 Å². The number of nitrogens with zero attached hydrogens (tertiary/aromatic N) is 2. The molecule has 0 aliphatic heterocycles. The van der Waals surface area contributed by atoms with Crippen molar-refractivity contribution in [1.29, 1.82) is 0 Å². The van der Waals surface area contributed by atoms with Gasteiger partial charge in [0, 0.05) is 18.2 Å². The van der Waals surface area contributed by atoms with Crippen molar-refractivity contribution in [1.82, 2.24) is 9.97 Å². The molecule has 0 spiro atoms. The first kappa shape index (κ1) is 19.6. The highest BCUT2D eigenvalue weighted by atomic mass is 19.4. The lowest BCUT2D eigenvalue weighted by atomic mass is 10.1. The van der Waals surface area contributed by atoms with Crippen molar-refractivity contribution >= 4 is 5.82 Å². The summed E-state index contributed by atoms with van der Waals surface area (Å²) < 4.78 is 41.7. The van der Waals surface area contributed by atoms with Crippen molar-refractivity contribution in [2.45, 2.75) is 12.3 Å². The second kappa shape index (κ2) is 8.71. The molecule has 0 bridgehead atoms. The van der Waals surface area contributed by atoms with Crippen LogP contribution < -0.4 is 10.1 Å². The van der Waals surface area contributed by atoms with Crippen LogP contribution in [-0.4, -0.2) is 34.4 Å². The summed E-state index contributed by atoms with van der Waals surface area (Å²) in [5.41, 5.74) is 1.89. The topological polar surface area (TPSA) is 67.3 Å². The molecule has 0 radical (unpaired) electrons. The maximum absolute atomic E-state index is 12.3. The van der Waals surface area contributed by atoms with Crippen molar-refractivity contribution in [3.05, 3.63) is 72.6 Å². The van der Waals surface area contributed by atoms with E-state index in [1.807, 2.05) is 30.3 Å². The smallest absolute Gasteiger partial charge is 0.422 e. The van der Waals surface area contributed by atoms with Gasteiger partial charge in [-0.15, -0.1) is 0 Å². The number of halogens is 3. The Morgan fingerprint density at radius 1 is 1.00 bits per heavy atom. The molecule has 0 amide bonds. The van der Waals surface area contributed by atoms with Crippen LogP contribution in [-0.2, 0) is 0 Å². The average Bonchev–Trinajstić information content (AvgIpc) is 2.71. The number of hydrogen-bond donors (Lipinski definition) is 2. The van der Waals surface area contributed by atoms with Crippen LogP contribution in [0.2, 0.25) is 0 Å².